The summed E-state index contributed by atoms with van der Waals surface area (Å²) < 4.78 is 2.11. The number of carbonyl (C=O) groups is 1. The largest absolute Gasteiger partial charge is 0.326 e. The van der Waals surface area contributed by atoms with Gasteiger partial charge < -0.3 is 15.0 Å². The molecule has 1 atom stereocenters. The van der Waals surface area contributed by atoms with Gasteiger partial charge in [-0.3, -0.25) is 4.79 Å². The van der Waals surface area contributed by atoms with Gasteiger partial charge in [0.25, 0.3) is 0 Å². The van der Waals surface area contributed by atoms with E-state index in [1.54, 1.807) is 0 Å². The lowest BCUT2D eigenvalue weighted by Gasteiger charge is -2.14. The van der Waals surface area contributed by atoms with E-state index in [1.165, 1.54) is 11.3 Å². The zero-order valence-electron chi connectivity index (χ0n) is 15.2. The van der Waals surface area contributed by atoms with Crippen LogP contribution in [-0.4, -0.2) is 15.3 Å². The Morgan fingerprint density at radius 1 is 1.23 bits per heavy atom. The first-order valence-electron chi connectivity index (χ1n) is 9.18. The number of nitrogens with zero attached hydrogens (tertiary/aromatic N) is 2. The molecule has 1 unspecified atom stereocenters. The molecule has 1 saturated carbocycles. The summed E-state index contributed by atoms with van der Waals surface area (Å²) in [5, 5.41) is 6.50. The second kappa shape index (κ2) is 6.92. The molecule has 2 heterocycles. The zero-order valence-corrected chi connectivity index (χ0v) is 15.2. The third-order valence-corrected chi connectivity index (χ3v) is 4.96. The van der Waals surface area contributed by atoms with E-state index in [0.717, 1.165) is 29.9 Å². The lowest BCUT2D eigenvalue weighted by Crippen LogP contribution is -2.18. The molecule has 0 radical (unpaired) electrons. The second-order valence-corrected chi connectivity index (χ2v) is 7.12. The molecule has 1 fully saturated rings. The summed E-state index contributed by atoms with van der Waals surface area (Å²) in [5.74, 6) is 0.371. The Balaban J connectivity index is 1.36. The molecule has 134 valence electrons. The van der Waals surface area contributed by atoms with Gasteiger partial charge in [0.05, 0.1) is 5.69 Å². The Labute approximate surface area is 153 Å². The highest BCUT2D eigenvalue weighted by Crippen LogP contribution is 2.30. The lowest BCUT2D eigenvalue weighted by atomic mass is 10.1. The van der Waals surface area contributed by atoms with E-state index in [1.807, 2.05) is 24.3 Å². The highest BCUT2D eigenvalue weighted by molar-refractivity contribution is 5.94. The van der Waals surface area contributed by atoms with Crippen molar-refractivity contribution in [3.05, 3.63) is 65.6 Å². The van der Waals surface area contributed by atoms with Gasteiger partial charge in [-0.25, -0.2) is 4.98 Å². The van der Waals surface area contributed by atoms with Crippen molar-refractivity contribution < 1.29 is 4.79 Å². The second-order valence-electron chi connectivity index (χ2n) is 7.12. The van der Waals surface area contributed by atoms with Gasteiger partial charge in [0.1, 0.15) is 5.65 Å². The number of anilines is 1. The summed E-state index contributed by atoms with van der Waals surface area (Å²) in [6.45, 7) is 4.93. The molecule has 1 aromatic carbocycles. The molecular weight excluding hydrogens is 324 g/mol. The minimum Gasteiger partial charge on any atom is -0.326 e. The number of rotatable bonds is 6. The number of imidazole rings is 1. The van der Waals surface area contributed by atoms with Crippen LogP contribution in [0.25, 0.3) is 5.65 Å². The summed E-state index contributed by atoms with van der Waals surface area (Å²) in [6, 6.07) is 14.4. The van der Waals surface area contributed by atoms with E-state index in [4.69, 9.17) is 0 Å². The van der Waals surface area contributed by atoms with Crippen molar-refractivity contribution in [1.82, 2.24) is 14.7 Å². The number of aromatic nitrogens is 2. The molecule has 0 aliphatic heterocycles. The molecule has 5 nitrogen and oxygen atoms in total. The fourth-order valence-electron chi connectivity index (χ4n) is 3.10. The maximum absolute atomic E-state index is 11.8. The topological polar surface area (TPSA) is 58.4 Å². The molecule has 1 aliphatic rings. The molecule has 2 aromatic heterocycles. The van der Waals surface area contributed by atoms with E-state index in [0.29, 0.717) is 6.54 Å². The van der Waals surface area contributed by atoms with Crippen molar-refractivity contribution in [2.24, 2.45) is 5.92 Å². The highest BCUT2D eigenvalue weighted by atomic mass is 16.2. The maximum Gasteiger partial charge on any atom is 0.227 e. The van der Waals surface area contributed by atoms with Crippen LogP contribution < -0.4 is 10.6 Å². The van der Waals surface area contributed by atoms with Crippen molar-refractivity contribution in [3.63, 3.8) is 0 Å². The minimum atomic E-state index is 0.145. The first-order valence-corrected chi connectivity index (χ1v) is 9.18. The smallest absolute Gasteiger partial charge is 0.227 e. The predicted octanol–water partition coefficient (Wildman–Crippen LogP) is 3.84. The normalized spacial score (nSPS) is 15.2. The van der Waals surface area contributed by atoms with Crippen LogP contribution in [0, 0.1) is 12.8 Å². The maximum atomic E-state index is 11.8. The quantitative estimate of drug-likeness (QED) is 0.711. The summed E-state index contributed by atoms with van der Waals surface area (Å²) in [5.41, 5.74) is 5.24. The number of pyridine rings is 1. The van der Waals surface area contributed by atoms with Crippen LogP contribution in [0.15, 0.2) is 48.7 Å². The summed E-state index contributed by atoms with van der Waals surface area (Å²) in [7, 11) is 0. The number of benzene rings is 1. The lowest BCUT2D eigenvalue weighted by molar-refractivity contribution is -0.117. The molecule has 26 heavy (non-hydrogen) atoms. The van der Waals surface area contributed by atoms with E-state index in [-0.39, 0.29) is 17.9 Å². The molecule has 4 rings (SSSR count). The average Bonchev–Trinajstić information content (AvgIpc) is 3.41. The fourth-order valence-corrected chi connectivity index (χ4v) is 3.10. The molecular formula is C21H24N4O. The van der Waals surface area contributed by atoms with Gasteiger partial charge in [-0.15, -0.1) is 0 Å². The molecule has 1 aliphatic carbocycles. The van der Waals surface area contributed by atoms with Crippen molar-refractivity contribution >= 4 is 17.2 Å². The van der Waals surface area contributed by atoms with Crippen LogP contribution in [0.4, 0.5) is 5.69 Å². The van der Waals surface area contributed by atoms with Crippen LogP contribution in [0.2, 0.25) is 0 Å². The molecule has 2 N–H and O–H groups in total. The van der Waals surface area contributed by atoms with Crippen molar-refractivity contribution in [2.45, 2.75) is 39.3 Å². The monoisotopic (exact) mass is 348 g/mol. The van der Waals surface area contributed by atoms with Crippen LogP contribution in [-0.2, 0) is 11.3 Å². The Bertz CT molecular complexity index is 925. The Morgan fingerprint density at radius 2 is 2.00 bits per heavy atom. The van der Waals surface area contributed by atoms with E-state index in [2.05, 4.69) is 58.3 Å². The van der Waals surface area contributed by atoms with Gasteiger partial charge in [-0.1, -0.05) is 18.2 Å². The number of nitrogens with one attached hydrogen (secondary N) is 2. The van der Waals surface area contributed by atoms with E-state index < -0.39 is 0 Å². The number of hydrogen-bond acceptors (Lipinski definition) is 3. The number of aryl methyl sites for hydroxylation is 1. The van der Waals surface area contributed by atoms with E-state index in [9.17, 15) is 4.79 Å². The van der Waals surface area contributed by atoms with Gasteiger partial charge in [-0.05, 0) is 56.5 Å². The van der Waals surface area contributed by atoms with Gasteiger partial charge in [0.15, 0.2) is 0 Å². The van der Waals surface area contributed by atoms with Crippen LogP contribution in [0.5, 0.6) is 0 Å². The minimum absolute atomic E-state index is 0.145. The molecule has 3 aromatic rings. The third kappa shape index (κ3) is 3.63. The molecule has 0 bridgehead atoms. The third-order valence-electron chi connectivity index (χ3n) is 4.96. The Hall–Kier alpha value is -2.66. The first kappa shape index (κ1) is 16.8. The van der Waals surface area contributed by atoms with Gasteiger partial charge in [0, 0.05) is 36.1 Å². The molecule has 5 heteroatoms. The summed E-state index contributed by atoms with van der Waals surface area (Å²) in [6.07, 6.45) is 4.13. The molecule has 1 amide bonds. The van der Waals surface area contributed by atoms with Crippen molar-refractivity contribution in [1.29, 1.82) is 0 Å². The number of fused-ring (bicyclic) bond motifs is 1. The standard InChI is InChI=1S/C21H24N4O/c1-14-4-3-5-20-23-19(13-25(14)20)12-22-15(2)16-8-10-18(11-9-16)24-21(26)17-6-7-17/h3-5,8-11,13,15,17,22H,6-7,12H2,1-2H3,(H,24,26). The fraction of sp³-hybridized carbons (Fsp3) is 0.333. The summed E-state index contributed by atoms with van der Waals surface area (Å²) in [4.78, 5) is 16.5. The van der Waals surface area contributed by atoms with Crippen molar-refractivity contribution in [2.75, 3.05) is 5.32 Å². The Morgan fingerprint density at radius 3 is 2.69 bits per heavy atom. The van der Waals surface area contributed by atoms with Gasteiger partial charge in [0.2, 0.25) is 5.91 Å². The zero-order chi connectivity index (χ0) is 18.1. The van der Waals surface area contributed by atoms with Crippen LogP contribution in [0.3, 0.4) is 0 Å². The van der Waals surface area contributed by atoms with Crippen LogP contribution >= 0.6 is 0 Å². The number of amides is 1. The Kier molecular flexibility index (Phi) is 4.47. The SMILES string of the molecule is Cc1cccc2nc(CNC(C)c3ccc(NC(=O)C4CC4)cc3)cn12. The predicted molar refractivity (Wildman–Crippen MR) is 103 cm³/mol. The van der Waals surface area contributed by atoms with Crippen LogP contribution in [0.1, 0.15) is 42.8 Å². The molecule has 0 spiro atoms. The van der Waals surface area contributed by atoms with Gasteiger partial charge in [-0.2, -0.15) is 0 Å². The number of carbonyl (C=O) groups excluding carboxylic acids is 1. The van der Waals surface area contributed by atoms with Gasteiger partial charge >= 0.3 is 0 Å². The summed E-state index contributed by atoms with van der Waals surface area (Å²) >= 11 is 0. The average molecular weight is 348 g/mol. The first-order chi connectivity index (χ1) is 12.6. The number of hydrogen-bond donors (Lipinski definition) is 2. The van der Waals surface area contributed by atoms with Crippen molar-refractivity contribution in [3.8, 4) is 0 Å². The highest BCUT2D eigenvalue weighted by Gasteiger charge is 2.29. The van der Waals surface area contributed by atoms with E-state index >= 15 is 0 Å². The molecule has 0 saturated heterocycles.